The smallest absolute Gasteiger partial charge is 0.350 e. The summed E-state index contributed by atoms with van der Waals surface area (Å²) in [5.74, 6) is -3.89. The number of halogens is 3. The maximum atomic E-state index is 13.3. The van der Waals surface area contributed by atoms with E-state index < -0.39 is 35.8 Å². The maximum absolute atomic E-state index is 13.3. The highest BCUT2D eigenvalue weighted by molar-refractivity contribution is 6.22. The van der Waals surface area contributed by atoms with E-state index in [1.807, 2.05) is 0 Å². The van der Waals surface area contributed by atoms with Crippen LogP contribution in [-0.2, 0) is 22.6 Å². The number of anilines is 1. The van der Waals surface area contributed by atoms with Crippen LogP contribution >= 0.6 is 0 Å². The van der Waals surface area contributed by atoms with Crippen molar-refractivity contribution in [1.82, 2.24) is 10.2 Å². The standard InChI is InChI=1S/C26H20F3N3O4/c27-26(28,29)25(36)31-18-10-6-9-17(13-18)15-30-22(33)21(14-16-7-2-1-3-8-16)32-23(34)19-11-4-5-12-20(19)24(32)35/h1-13,21H,14-15H2,(H,30,33)(H,31,36). The zero-order valence-corrected chi connectivity index (χ0v) is 18.7. The Morgan fingerprint density at radius 1 is 0.806 bits per heavy atom. The van der Waals surface area contributed by atoms with Crippen LogP contribution in [0.15, 0.2) is 78.9 Å². The SMILES string of the molecule is O=C(NCc1cccc(NC(=O)C(F)(F)F)c1)C(Cc1ccccc1)N1C(=O)c2ccccc2C1=O. The van der Waals surface area contributed by atoms with Gasteiger partial charge in [0.25, 0.3) is 11.8 Å². The Labute approximate surface area is 203 Å². The van der Waals surface area contributed by atoms with Gasteiger partial charge < -0.3 is 10.6 Å². The van der Waals surface area contributed by atoms with Crippen LogP contribution in [0.4, 0.5) is 18.9 Å². The van der Waals surface area contributed by atoms with Gasteiger partial charge in [0.2, 0.25) is 5.91 Å². The topological polar surface area (TPSA) is 95.6 Å². The predicted molar refractivity (Wildman–Crippen MR) is 124 cm³/mol. The first-order chi connectivity index (χ1) is 17.1. The number of rotatable bonds is 7. The molecular formula is C26H20F3N3O4. The number of nitrogens with zero attached hydrogens (tertiary/aromatic N) is 1. The minimum atomic E-state index is -5.04. The molecule has 0 aromatic heterocycles. The molecule has 2 N–H and O–H groups in total. The van der Waals surface area contributed by atoms with E-state index >= 15 is 0 Å². The van der Waals surface area contributed by atoms with Gasteiger partial charge in [-0.25, -0.2) is 0 Å². The van der Waals surface area contributed by atoms with Crippen molar-refractivity contribution in [2.24, 2.45) is 0 Å². The second-order valence-electron chi connectivity index (χ2n) is 8.10. The number of imide groups is 1. The van der Waals surface area contributed by atoms with Crippen molar-refractivity contribution in [1.29, 1.82) is 0 Å². The van der Waals surface area contributed by atoms with Crippen LogP contribution in [0.5, 0.6) is 0 Å². The first-order valence-electron chi connectivity index (χ1n) is 10.9. The molecular weight excluding hydrogens is 475 g/mol. The lowest BCUT2D eigenvalue weighted by atomic mass is 10.0. The zero-order valence-electron chi connectivity index (χ0n) is 18.7. The lowest BCUT2D eigenvalue weighted by Gasteiger charge is -2.25. The molecule has 4 rings (SSSR count). The van der Waals surface area contributed by atoms with Gasteiger partial charge in [-0.15, -0.1) is 0 Å². The Hall–Kier alpha value is -4.47. The molecule has 0 bridgehead atoms. The molecule has 0 radical (unpaired) electrons. The summed E-state index contributed by atoms with van der Waals surface area (Å²) >= 11 is 0. The Bertz CT molecular complexity index is 1290. The second-order valence-corrected chi connectivity index (χ2v) is 8.10. The molecule has 0 fully saturated rings. The summed E-state index contributed by atoms with van der Waals surface area (Å²) in [6, 6.07) is 19.6. The van der Waals surface area contributed by atoms with Crippen LogP contribution in [0.3, 0.4) is 0 Å². The number of hydrogen-bond acceptors (Lipinski definition) is 4. The highest BCUT2D eigenvalue weighted by Gasteiger charge is 2.42. The summed E-state index contributed by atoms with van der Waals surface area (Å²) in [6.45, 7) is -0.108. The molecule has 7 nitrogen and oxygen atoms in total. The first kappa shape index (κ1) is 24.6. The molecule has 3 aromatic carbocycles. The largest absolute Gasteiger partial charge is 0.471 e. The van der Waals surface area contributed by atoms with Crippen molar-refractivity contribution in [3.63, 3.8) is 0 Å². The van der Waals surface area contributed by atoms with Crippen LogP contribution in [0.2, 0.25) is 0 Å². The molecule has 10 heteroatoms. The van der Waals surface area contributed by atoms with Crippen molar-refractivity contribution >= 4 is 29.3 Å². The lowest BCUT2D eigenvalue weighted by molar-refractivity contribution is -0.167. The number of amides is 4. The molecule has 184 valence electrons. The predicted octanol–water partition coefficient (Wildman–Crippen LogP) is 3.71. The Morgan fingerprint density at radius 3 is 2.00 bits per heavy atom. The van der Waals surface area contributed by atoms with E-state index in [-0.39, 0.29) is 29.8 Å². The van der Waals surface area contributed by atoms with Crippen LogP contribution in [-0.4, -0.2) is 40.7 Å². The number of carbonyl (C=O) groups excluding carboxylic acids is 4. The van der Waals surface area contributed by atoms with E-state index in [2.05, 4.69) is 5.32 Å². The number of carbonyl (C=O) groups is 4. The average Bonchev–Trinajstić information content (AvgIpc) is 3.11. The number of hydrogen-bond donors (Lipinski definition) is 2. The Morgan fingerprint density at radius 2 is 1.39 bits per heavy atom. The normalized spacial score (nSPS) is 13.8. The van der Waals surface area contributed by atoms with Gasteiger partial charge in [0.05, 0.1) is 11.1 Å². The molecule has 1 unspecified atom stereocenters. The van der Waals surface area contributed by atoms with Gasteiger partial charge in [0.15, 0.2) is 0 Å². The second kappa shape index (κ2) is 10.0. The van der Waals surface area contributed by atoms with E-state index in [0.29, 0.717) is 5.56 Å². The van der Waals surface area contributed by atoms with E-state index in [1.165, 1.54) is 30.3 Å². The third-order valence-electron chi connectivity index (χ3n) is 5.62. The fourth-order valence-electron chi connectivity index (χ4n) is 3.90. The van der Waals surface area contributed by atoms with Crippen LogP contribution in [0.25, 0.3) is 0 Å². The molecule has 1 aliphatic heterocycles. The van der Waals surface area contributed by atoms with Crippen molar-refractivity contribution < 1.29 is 32.3 Å². The fourth-order valence-corrected chi connectivity index (χ4v) is 3.90. The minimum absolute atomic E-state index is 0.0693. The van der Waals surface area contributed by atoms with E-state index in [1.54, 1.807) is 53.8 Å². The van der Waals surface area contributed by atoms with E-state index in [9.17, 15) is 32.3 Å². The molecule has 0 spiro atoms. The first-order valence-corrected chi connectivity index (χ1v) is 10.9. The average molecular weight is 495 g/mol. The lowest BCUT2D eigenvalue weighted by Crippen LogP contribution is -2.50. The Balaban J connectivity index is 1.53. The summed E-state index contributed by atoms with van der Waals surface area (Å²) < 4.78 is 37.6. The molecule has 0 saturated carbocycles. The number of benzene rings is 3. The van der Waals surface area contributed by atoms with Crippen molar-refractivity contribution in [2.75, 3.05) is 5.32 Å². The molecule has 3 aromatic rings. The maximum Gasteiger partial charge on any atom is 0.471 e. The third kappa shape index (κ3) is 5.27. The van der Waals surface area contributed by atoms with Gasteiger partial charge in [0, 0.05) is 18.7 Å². The van der Waals surface area contributed by atoms with Crippen molar-refractivity contribution in [3.8, 4) is 0 Å². The summed E-state index contributed by atoms with van der Waals surface area (Å²) in [7, 11) is 0. The monoisotopic (exact) mass is 495 g/mol. The summed E-state index contributed by atoms with van der Waals surface area (Å²) in [5.41, 5.74) is 1.46. The summed E-state index contributed by atoms with van der Waals surface area (Å²) in [4.78, 5) is 51.5. The molecule has 0 saturated heterocycles. The minimum Gasteiger partial charge on any atom is -0.350 e. The van der Waals surface area contributed by atoms with E-state index in [0.717, 1.165) is 10.5 Å². The molecule has 1 heterocycles. The number of fused-ring (bicyclic) bond motifs is 1. The molecule has 0 aliphatic carbocycles. The van der Waals surface area contributed by atoms with Crippen LogP contribution in [0.1, 0.15) is 31.8 Å². The van der Waals surface area contributed by atoms with Crippen molar-refractivity contribution in [2.45, 2.75) is 25.2 Å². The fraction of sp³-hybridized carbons (Fsp3) is 0.154. The molecule has 36 heavy (non-hydrogen) atoms. The molecule has 1 atom stereocenters. The van der Waals surface area contributed by atoms with Crippen LogP contribution < -0.4 is 10.6 Å². The highest BCUT2D eigenvalue weighted by atomic mass is 19.4. The highest BCUT2D eigenvalue weighted by Crippen LogP contribution is 2.26. The quantitative estimate of drug-likeness (QED) is 0.489. The number of alkyl halides is 3. The van der Waals surface area contributed by atoms with Crippen molar-refractivity contribution in [3.05, 3.63) is 101 Å². The number of nitrogens with one attached hydrogen (secondary N) is 2. The molecule has 1 aliphatic rings. The Kier molecular flexibility index (Phi) is 6.86. The third-order valence-corrected chi connectivity index (χ3v) is 5.62. The molecule has 4 amide bonds. The summed E-state index contributed by atoms with van der Waals surface area (Å²) in [6.07, 6.45) is -4.97. The van der Waals surface area contributed by atoms with Gasteiger partial charge in [-0.05, 0) is 35.4 Å². The van der Waals surface area contributed by atoms with E-state index in [4.69, 9.17) is 0 Å². The van der Waals surface area contributed by atoms with Gasteiger partial charge in [-0.2, -0.15) is 13.2 Å². The zero-order chi connectivity index (χ0) is 25.9. The van der Waals surface area contributed by atoms with Gasteiger partial charge in [0.1, 0.15) is 6.04 Å². The van der Waals surface area contributed by atoms with Gasteiger partial charge in [-0.1, -0.05) is 54.6 Å². The van der Waals surface area contributed by atoms with Gasteiger partial charge in [-0.3, -0.25) is 24.1 Å². The summed E-state index contributed by atoms with van der Waals surface area (Å²) in [5, 5.41) is 4.41. The van der Waals surface area contributed by atoms with Gasteiger partial charge >= 0.3 is 12.1 Å². The van der Waals surface area contributed by atoms with Crippen LogP contribution in [0, 0.1) is 0 Å².